The van der Waals surface area contributed by atoms with E-state index in [-0.39, 0.29) is 18.1 Å². The fourth-order valence-electron chi connectivity index (χ4n) is 2.64. The van der Waals surface area contributed by atoms with Gasteiger partial charge in [0.05, 0.1) is 6.26 Å². The molecule has 130 valence electrons. The van der Waals surface area contributed by atoms with Crippen molar-refractivity contribution in [3.8, 4) is 0 Å². The van der Waals surface area contributed by atoms with E-state index < -0.39 is 6.10 Å². The van der Waals surface area contributed by atoms with E-state index in [9.17, 15) is 9.90 Å². The quantitative estimate of drug-likeness (QED) is 0.694. The van der Waals surface area contributed by atoms with Gasteiger partial charge in [0.2, 0.25) is 0 Å². The number of nitrogens with one attached hydrogen (secondary N) is 2. The van der Waals surface area contributed by atoms with E-state index in [2.05, 4.69) is 29.7 Å². The van der Waals surface area contributed by atoms with Crippen molar-refractivity contribution < 1.29 is 14.3 Å². The van der Waals surface area contributed by atoms with Gasteiger partial charge in [0.15, 0.2) is 0 Å². The van der Waals surface area contributed by atoms with E-state index >= 15 is 0 Å². The van der Waals surface area contributed by atoms with Crippen LogP contribution in [0, 0.1) is 0 Å². The van der Waals surface area contributed by atoms with E-state index in [1.807, 2.05) is 25.1 Å². The van der Waals surface area contributed by atoms with E-state index in [1.165, 1.54) is 11.8 Å². The van der Waals surface area contributed by atoms with Crippen LogP contribution in [0.5, 0.6) is 0 Å². The monoisotopic (exact) mass is 330 g/mol. The molecule has 0 saturated carbocycles. The van der Waals surface area contributed by atoms with Crippen molar-refractivity contribution in [1.29, 1.82) is 0 Å². The second kappa shape index (κ2) is 9.13. The highest BCUT2D eigenvalue weighted by atomic mass is 16.4. The van der Waals surface area contributed by atoms with Crippen LogP contribution >= 0.6 is 0 Å². The Balaban J connectivity index is 1.78. The van der Waals surface area contributed by atoms with Gasteiger partial charge in [0.25, 0.3) is 0 Å². The topological polar surface area (TPSA) is 74.5 Å². The van der Waals surface area contributed by atoms with Gasteiger partial charge in [-0.2, -0.15) is 0 Å². The molecular weight excluding hydrogens is 304 g/mol. The number of carbonyl (C=O) groups excluding carboxylic acids is 1. The molecule has 3 unspecified atom stereocenters. The third-order valence-corrected chi connectivity index (χ3v) is 3.98. The summed E-state index contributed by atoms with van der Waals surface area (Å²) < 4.78 is 5.17. The Hall–Kier alpha value is -2.27. The Bertz CT molecular complexity index is 598. The molecule has 5 heteroatoms. The zero-order valence-corrected chi connectivity index (χ0v) is 14.2. The Morgan fingerprint density at radius 3 is 2.54 bits per heavy atom. The summed E-state index contributed by atoms with van der Waals surface area (Å²) in [7, 11) is 0. The lowest BCUT2D eigenvalue weighted by molar-refractivity contribution is 0.129. The van der Waals surface area contributed by atoms with Crippen molar-refractivity contribution >= 4 is 6.03 Å². The molecule has 24 heavy (non-hydrogen) atoms. The first-order chi connectivity index (χ1) is 11.6. The van der Waals surface area contributed by atoms with Gasteiger partial charge in [-0.05, 0) is 37.5 Å². The molecule has 2 rings (SSSR count). The average molecular weight is 330 g/mol. The zero-order valence-electron chi connectivity index (χ0n) is 14.2. The Morgan fingerprint density at radius 2 is 1.92 bits per heavy atom. The number of amides is 2. The van der Waals surface area contributed by atoms with E-state index in [4.69, 9.17) is 4.42 Å². The van der Waals surface area contributed by atoms with Gasteiger partial charge in [-0.15, -0.1) is 0 Å². The lowest BCUT2D eigenvalue weighted by Crippen LogP contribution is -2.46. The van der Waals surface area contributed by atoms with E-state index in [0.29, 0.717) is 12.2 Å². The molecular formula is C19H26N2O3. The summed E-state index contributed by atoms with van der Waals surface area (Å²) in [6.07, 6.45) is 2.86. The predicted molar refractivity (Wildman–Crippen MR) is 93.6 cm³/mol. The predicted octanol–water partition coefficient (Wildman–Crippen LogP) is 3.41. The summed E-state index contributed by atoms with van der Waals surface area (Å²) in [6.45, 7) is 3.92. The Labute approximate surface area is 143 Å². The van der Waals surface area contributed by atoms with E-state index in [0.717, 1.165) is 12.8 Å². The highest BCUT2D eigenvalue weighted by molar-refractivity contribution is 5.74. The van der Waals surface area contributed by atoms with Crippen LogP contribution in [0.1, 0.15) is 44.1 Å². The first-order valence-corrected chi connectivity index (χ1v) is 8.41. The maximum absolute atomic E-state index is 12.2. The second-order valence-corrected chi connectivity index (χ2v) is 6.08. The molecule has 0 aliphatic carbocycles. The minimum atomic E-state index is -0.721. The van der Waals surface area contributed by atoms with Crippen molar-refractivity contribution in [2.45, 2.75) is 51.3 Å². The molecule has 5 nitrogen and oxygen atoms in total. The fourth-order valence-corrected chi connectivity index (χ4v) is 2.64. The van der Waals surface area contributed by atoms with Crippen LogP contribution in [0.25, 0.3) is 0 Å². The number of benzene rings is 1. The van der Waals surface area contributed by atoms with Crippen LogP contribution in [0.4, 0.5) is 4.79 Å². The number of urea groups is 1. The van der Waals surface area contributed by atoms with Crippen LogP contribution < -0.4 is 10.6 Å². The van der Waals surface area contributed by atoms with Gasteiger partial charge >= 0.3 is 6.03 Å². The highest BCUT2D eigenvalue weighted by Crippen LogP contribution is 2.18. The molecule has 1 aromatic carbocycles. The Kier molecular flexibility index (Phi) is 6.88. The van der Waals surface area contributed by atoms with Crippen LogP contribution in [0.2, 0.25) is 0 Å². The molecule has 0 radical (unpaired) electrons. The molecule has 2 amide bonds. The van der Waals surface area contributed by atoms with Gasteiger partial charge in [-0.1, -0.05) is 37.3 Å². The van der Waals surface area contributed by atoms with Gasteiger partial charge in [-0.25, -0.2) is 4.79 Å². The third-order valence-electron chi connectivity index (χ3n) is 3.98. The molecule has 3 atom stereocenters. The minimum Gasteiger partial charge on any atom is -0.467 e. The molecule has 1 heterocycles. The molecule has 1 aromatic heterocycles. The molecule has 0 bridgehead atoms. The van der Waals surface area contributed by atoms with Gasteiger partial charge < -0.3 is 20.2 Å². The van der Waals surface area contributed by atoms with Gasteiger partial charge in [0, 0.05) is 18.5 Å². The summed E-state index contributed by atoms with van der Waals surface area (Å²) in [4.78, 5) is 12.2. The number of aliphatic hydroxyl groups excluding tert-OH is 1. The van der Waals surface area contributed by atoms with Gasteiger partial charge in [-0.3, -0.25) is 0 Å². The van der Waals surface area contributed by atoms with Crippen LogP contribution in [-0.2, 0) is 6.42 Å². The summed E-state index contributed by atoms with van der Waals surface area (Å²) >= 11 is 0. The molecule has 0 saturated heterocycles. The normalized spacial score (nSPS) is 14.6. The highest BCUT2D eigenvalue weighted by Gasteiger charge is 2.17. The maximum atomic E-state index is 12.2. The standard InChI is InChI=1S/C19H26N2O3/c1-3-16(13-15-8-5-4-6-9-15)21-19(23)20-14(2)12-17(22)18-10-7-11-24-18/h4-11,14,16-17,22H,3,12-13H2,1-2H3,(H2,20,21,23). The lowest BCUT2D eigenvalue weighted by Gasteiger charge is -2.21. The molecule has 2 aromatic rings. The molecule has 0 spiro atoms. The summed E-state index contributed by atoms with van der Waals surface area (Å²) in [5.41, 5.74) is 1.20. The molecule has 0 fully saturated rings. The van der Waals surface area contributed by atoms with Crippen LogP contribution in [0.3, 0.4) is 0 Å². The average Bonchev–Trinajstić information content (AvgIpc) is 3.09. The van der Waals surface area contributed by atoms with Crippen molar-refractivity contribution in [3.63, 3.8) is 0 Å². The molecule has 0 aliphatic heterocycles. The maximum Gasteiger partial charge on any atom is 0.315 e. The number of aliphatic hydroxyl groups is 1. The number of rotatable bonds is 8. The summed E-state index contributed by atoms with van der Waals surface area (Å²) in [5.74, 6) is 0.513. The first kappa shape index (κ1) is 18.1. The van der Waals surface area contributed by atoms with Crippen molar-refractivity contribution in [1.82, 2.24) is 10.6 Å². The SMILES string of the molecule is CCC(Cc1ccccc1)NC(=O)NC(C)CC(O)c1ccco1. The number of hydrogen-bond donors (Lipinski definition) is 3. The summed E-state index contributed by atoms with van der Waals surface area (Å²) in [5, 5.41) is 15.9. The summed E-state index contributed by atoms with van der Waals surface area (Å²) in [6, 6.07) is 13.3. The Morgan fingerprint density at radius 1 is 1.17 bits per heavy atom. The largest absolute Gasteiger partial charge is 0.467 e. The lowest BCUT2D eigenvalue weighted by atomic mass is 10.0. The molecule has 3 N–H and O–H groups in total. The smallest absolute Gasteiger partial charge is 0.315 e. The fraction of sp³-hybridized carbons (Fsp3) is 0.421. The van der Waals surface area contributed by atoms with E-state index in [1.54, 1.807) is 12.1 Å². The third kappa shape index (κ3) is 5.74. The first-order valence-electron chi connectivity index (χ1n) is 8.41. The van der Waals surface area contributed by atoms with Crippen LogP contribution in [-0.4, -0.2) is 23.2 Å². The second-order valence-electron chi connectivity index (χ2n) is 6.08. The molecule has 0 aliphatic rings. The van der Waals surface area contributed by atoms with Crippen molar-refractivity contribution in [2.24, 2.45) is 0 Å². The number of hydrogen-bond acceptors (Lipinski definition) is 3. The van der Waals surface area contributed by atoms with Gasteiger partial charge in [0.1, 0.15) is 11.9 Å². The van der Waals surface area contributed by atoms with Crippen LogP contribution in [0.15, 0.2) is 53.1 Å². The number of furan rings is 1. The zero-order chi connectivity index (χ0) is 17.4. The van der Waals surface area contributed by atoms with Crippen molar-refractivity contribution in [2.75, 3.05) is 0 Å². The number of carbonyl (C=O) groups is 1. The minimum absolute atomic E-state index is 0.0783. The van der Waals surface area contributed by atoms with Crippen molar-refractivity contribution in [3.05, 3.63) is 60.1 Å².